The van der Waals surface area contributed by atoms with E-state index in [9.17, 15) is 4.79 Å². The summed E-state index contributed by atoms with van der Waals surface area (Å²) >= 11 is 16.3. The van der Waals surface area contributed by atoms with Crippen LogP contribution in [-0.2, 0) is 0 Å². The maximum atomic E-state index is 12.5. The van der Waals surface area contributed by atoms with Crippen molar-refractivity contribution in [1.82, 2.24) is 0 Å². The number of halogens is 4. The van der Waals surface area contributed by atoms with Crippen LogP contribution in [0.1, 0.15) is 21.5 Å². The maximum absolute atomic E-state index is 12.5. The molecule has 2 aromatic rings. The number of benzene rings is 2. The molecular formula is C14H8Br3ClO. The molecule has 0 radical (unpaired) electrons. The molecule has 0 unspecified atom stereocenters. The molecule has 0 bridgehead atoms. The summed E-state index contributed by atoms with van der Waals surface area (Å²) in [6.07, 6.45) is 0. The van der Waals surface area contributed by atoms with Gasteiger partial charge in [-0.25, -0.2) is 0 Å². The molecule has 0 fully saturated rings. The van der Waals surface area contributed by atoms with Crippen LogP contribution in [-0.4, -0.2) is 5.78 Å². The van der Waals surface area contributed by atoms with E-state index in [1.165, 1.54) is 0 Å². The Morgan fingerprint density at radius 1 is 1.00 bits per heavy atom. The summed E-state index contributed by atoms with van der Waals surface area (Å²) in [4.78, 5) is 12.5. The molecule has 0 saturated heterocycles. The van der Waals surface area contributed by atoms with Gasteiger partial charge in [0.2, 0.25) is 0 Å². The van der Waals surface area contributed by atoms with Crippen LogP contribution in [0.4, 0.5) is 0 Å². The average Bonchev–Trinajstić information content (AvgIpc) is 2.33. The van der Waals surface area contributed by atoms with Gasteiger partial charge in [0.1, 0.15) is 0 Å². The van der Waals surface area contributed by atoms with Crippen molar-refractivity contribution in [2.45, 2.75) is 6.92 Å². The molecule has 1 nitrogen and oxygen atoms in total. The molecule has 0 saturated carbocycles. The molecule has 98 valence electrons. The second kappa shape index (κ2) is 6.08. The lowest BCUT2D eigenvalue weighted by atomic mass is 10.0. The molecule has 2 rings (SSSR count). The van der Waals surface area contributed by atoms with Gasteiger partial charge in [-0.2, -0.15) is 0 Å². The number of carbonyl (C=O) groups excluding carboxylic acids is 1. The van der Waals surface area contributed by atoms with E-state index in [4.69, 9.17) is 11.6 Å². The summed E-state index contributed by atoms with van der Waals surface area (Å²) in [6.45, 7) is 1.97. The van der Waals surface area contributed by atoms with E-state index in [1.54, 1.807) is 24.3 Å². The minimum atomic E-state index is -0.106. The Hall–Kier alpha value is -0.160. The molecule has 2 aromatic carbocycles. The van der Waals surface area contributed by atoms with Crippen molar-refractivity contribution < 1.29 is 4.79 Å². The van der Waals surface area contributed by atoms with Gasteiger partial charge in [-0.1, -0.05) is 59.4 Å². The fourth-order valence-electron chi connectivity index (χ4n) is 1.64. The van der Waals surface area contributed by atoms with Gasteiger partial charge in [-0.15, -0.1) is 0 Å². The van der Waals surface area contributed by atoms with E-state index >= 15 is 0 Å². The molecule has 0 N–H and O–H groups in total. The normalized spacial score (nSPS) is 10.6. The molecule has 0 heterocycles. The molecule has 0 amide bonds. The van der Waals surface area contributed by atoms with Crippen LogP contribution in [0, 0.1) is 6.92 Å². The summed E-state index contributed by atoms with van der Waals surface area (Å²) < 4.78 is 2.50. The van der Waals surface area contributed by atoms with Crippen molar-refractivity contribution in [3.63, 3.8) is 0 Å². The van der Waals surface area contributed by atoms with E-state index in [1.807, 2.05) is 13.0 Å². The van der Waals surface area contributed by atoms with Crippen LogP contribution < -0.4 is 0 Å². The zero-order valence-electron chi connectivity index (χ0n) is 9.81. The number of hydrogen-bond donors (Lipinski definition) is 0. The second-order valence-electron chi connectivity index (χ2n) is 4.03. The predicted octanol–water partition coefficient (Wildman–Crippen LogP) is 6.17. The van der Waals surface area contributed by atoms with E-state index in [2.05, 4.69) is 47.8 Å². The first-order chi connectivity index (χ1) is 8.90. The summed E-state index contributed by atoms with van der Waals surface area (Å²) in [5.74, 6) is -0.106. The van der Waals surface area contributed by atoms with Gasteiger partial charge >= 0.3 is 0 Å². The van der Waals surface area contributed by atoms with Crippen LogP contribution in [0.3, 0.4) is 0 Å². The van der Waals surface area contributed by atoms with Gasteiger partial charge in [0.25, 0.3) is 0 Å². The zero-order valence-corrected chi connectivity index (χ0v) is 15.3. The summed E-state index contributed by atoms with van der Waals surface area (Å²) in [5.41, 5.74) is 2.13. The first kappa shape index (κ1) is 15.2. The topological polar surface area (TPSA) is 17.1 Å². The van der Waals surface area contributed by atoms with Crippen LogP contribution in [0.5, 0.6) is 0 Å². The SMILES string of the molecule is Cc1cc(Br)c(C(=O)c2ccc(Br)cc2Cl)cc1Br. The van der Waals surface area contributed by atoms with Crippen molar-refractivity contribution >= 4 is 65.2 Å². The Bertz CT molecular complexity index is 668. The maximum Gasteiger partial charge on any atom is 0.195 e. The minimum Gasteiger partial charge on any atom is -0.289 e. The summed E-state index contributed by atoms with van der Waals surface area (Å²) in [6, 6.07) is 8.95. The van der Waals surface area contributed by atoms with Crippen LogP contribution in [0.25, 0.3) is 0 Å². The third kappa shape index (κ3) is 3.30. The Kier molecular flexibility index (Phi) is 4.88. The smallest absolute Gasteiger partial charge is 0.195 e. The highest BCUT2D eigenvalue weighted by atomic mass is 79.9. The van der Waals surface area contributed by atoms with E-state index < -0.39 is 0 Å². The highest BCUT2D eigenvalue weighted by molar-refractivity contribution is 9.11. The number of rotatable bonds is 2. The highest BCUT2D eigenvalue weighted by Crippen LogP contribution is 2.30. The monoisotopic (exact) mass is 464 g/mol. The fraction of sp³-hybridized carbons (Fsp3) is 0.0714. The van der Waals surface area contributed by atoms with Gasteiger partial charge in [-0.3, -0.25) is 4.79 Å². The van der Waals surface area contributed by atoms with Gasteiger partial charge in [0.05, 0.1) is 5.02 Å². The van der Waals surface area contributed by atoms with Crippen molar-refractivity contribution in [2.75, 3.05) is 0 Å². The Labute approximate surface area is 141 Å². The third-order valence-electron chi connectivity index (χ3n) is 2.67. The van der Waals surface area contributed by atoms with Crippen molar-refractivity contribution in [1.29, 1.82) is 0 Å². The average molecular weight is 467 g/mol. The molecule has 0 aliphatic carbocycles. The molecule has 0 aliphatic rings. The van der Waals surface area contributed by atoms with Crippen molar-refractivity contribution in [3.8, 4) is 0 Å². The predicted molar refractivity (Wildman–Crippen MR) is 89.2 cm³/mol. The van der Waals surface area contributed by atoms with Gasteiger partial charge in [-0.05, 0) is 42.8 Å². The number of hydrogen-bond acceptors (Lipinski definition) is 1. The molecule has 0 aliphatic heterocycles. The number of aryl methyl sites for hydroxylation is 1. The van der Waals surface area contributed by atoms with Crippen molar-refractivity contribution in [2.24, 2.45) is 0 Å². The molecule has 0 aromatic heterocycles. The van der Waals surface area contributed by atoms with Crippen LogP contribution in [0.15, 0.2) is 43.7 Å². The van der Waals surface area contributed by atoms with E-state index in [0.29, 0.717) is 16.1 Å². The lowest BCUT2D eigenvalue weighted by Gasteiger charge is -2.08. The van der Waals surface area contributed by atoms with Crippen molar-refractivity contribution in [3.05, 3.63) is 65.5 Å². The second-order valence-corrected chi connectivity index (χ2v) is 7.07. The fourth-order valence-corrected chi connectivity index (χ4v) is 3.38. The summed E-state index contributed by atoms with van der Waals surface area (Å²) in [5, 5.41) is 0.433. The lowest BCUT2D eigenvalue weighted by Crippen LogP contribution is -2.04. The molecular weight excluding hydrogens is 459 g/mol. The standard InChI is InChI=1S/C14H8Br3ClO/c1-7-4-12(17)10(6-11(7)16)14(19)9-3-2-8(15)5-13(9)18/h2-6H,1H3. The van der Waals surface area contributed by atoms with E-state index in [0.717, 1.165) is 19.0 Å². The van der Waals surface area contributed by atoms with Crippen LogP contribution >= 0.6 is 59.4 Å². The molecule has 5 heteroatoms. The number of carbonyl (C=O) groups is 1. The lowest BCUT2D eigenvalue weighted by molar-refractivity contribution is 0.103. The van der Waals surface area contributed by atoms with Gasteiger partial charge < -0.3 is 0 Å². The minimum absolute atomic E-state index is 0.106. The first-order valence-electron chi connectivity index (χ1n) is 5.35. The quantitative estimate of drug-likeness (QED) is 0.483. The Morgan fingerprint density at radius 2 is 1.68 bits per heavy atom. The van der Waals surface area contributed by atoms with Crippen LogP contribution in [0.2, 0.25) is 5.02 Å². The first-order valence-corrected chi connectivity index (χ1v) is 8.11. The third-order valence-corrected chi connectivity index (χ3v) is 4.99. The Balaban J connectivity index is 2.53. The highest BCUT2D eigenvalue weighted by Gasteiger charge is 2.17. The Morgan fingerprint density at radius 3 is 2.32 bits per heavy atom. The van der Waals surface area contributed by atoms with Gasteiger partial charge in [0, 0.05) is 24.5 Å². The largest absolute Gasteiger partial charge is 0.289 e. The zero-order chi connectivity index (χ0) is 14.2. The molecule has 0 atom stereocenters. The molecule has 0 spiro atoms. The number of ketones is 1. The summed E-state index contributed by atoms with van der Waals surface area (Å²) in [7, 11) is 0. The van der Waals surface area contributed by atoms with E-state index in [-0.39, 0.29) is 5.78 Å². The van der Waals surface area contributed by atoms with Gasteiger partial charge in [0.15, 0.2) is 5.78 Å². The molecule has 19 heavy (non-hydrogen) atoms.